The fraction of sp³-hybridized carbons (Fsp3) is 0.917. The van der Waals surface area contributed by atoms with Gasteiger partial charge in [0.25, 0.3) is 5.97 Å². The molecule has 0 unspecified atom stereocenters. The Balaban J connectivity index is 0.000000364. The van der Waals surface area contributed by atoms with Crippen LogP contribution in [0.3, 0.4) is 0 Å². The molecule has 0 radical (unpaired) electrons. The zero-order valence-electron chi connectivity index (χ0n) is 9.59. The van der Waals surface area contributed by atoms with Gasteiger partial charge in [0.2, 0.25) is 0 Å². The van der Waals surface area contributed by atoms with E-state index < -0.39 is 5.97 Å². The molecule has 0 bridgehead atoms. The van der Waals surface area contributed by atoms with E-state index in [0.717, 1.165) is 12.8 Å². The molecule has 1 aliphatic rings. The molecule has 0 atom stereocenters. The maximum absolute atomic E-state index is 9.00. The fourth-order valence-electron chi connectivity index (χ4n) is 1.97. The Hall–Kier alpha value is -0.530. The molecule has 14 heavy (non-hydrogen) atoms. The Morgan fingerprint density at radius 3 is 2.21 bits per heavy atom. The van der Waals surface area contributed by atoms with Crippen molar-refractivity contribution in [3.8, 4) is 0 Å². The molecule has 1 rings (SSSR count). The van der Waals surface area contributed by atoms with Gasteiger partial charge in [-0.1, -0.05) is 58.3 Å². The third-order valence-electron chi connectivity index (χ3n) is 2.69. The van der Waals surface area contributed by atoms with Gasteiger partial charge in [0.1, 0.15) is 0 Å². The van der Waals surface area contributed by atoms with Gasteiger partial charge in [-0.2, -0.15) is 0 Å². The molecular formula is C12H24O2. The first kappa shape index (κ1) is 13.5. The van der Waals surface area contributed by atoms with E-state index in [1.807, 2.05) is 0 Å². The molecular weight excluding hydrogens is 176 g/mol. The number of carboxylic acid groups (broad SMARTS) is 1. The summed E-state index contributed by atoms with van der Waals surface area (Å²) in [6.07, 6.45) is 11.9. The summed E-state index contributed by atoms with van der Waals surface area (Å²) in [5.41, 5.74) is 0. The van der Waals surface area contributed by atoms with Crippen molar-refractivity contribution in [1.29, 1.82) is 0 Å². The monoisotopic (exact) mass is 200 g/mol. The molecule has 1 N–H and O–H groups in total. The first-order chi connectivity index (χ1) is 6.66. The van der Waals surface area contributed by atoms with Crippen LogP contribution in [-0.2, 0) is 4.79 Å². The quantitative estimate of drug-likeness (QED) is 0.751. The van der Waals surface area contributed by atoms with Gasteiger partial charge in [0, 0.05) is 6.92 Å². The van der Waals surface area contributed by atoms with Gasteiger partial charge in [0.05, 0.1) is 0 Å². The second kappa shape index (κ2) is 9.04. The smallest absolute Gasteiger partial charge is 0.300 e. The zero-order valence-corrected chi connectivity index (χ0v) is 9.59. The van der Waals surface area contributed by atoms with E-state index in [1.54, 1.807) is 0 Å². The lowest BCUT2D eigenvalue weighted by Crippen LogP contribution is -2.05. The molecule has 84 valence electrons. The van der Waals surface area contributed by atoms with Gasteiger partial charge in [-0.25, -0.2) is 0 Å². The second-order valence-electron chi connectivity index (χ2n) is 4.17. The SMILES string of the molecule is CC(=O)O.CCCCC1CCCCC1. The van der Waals surface area contributed by atoms with E-state index in [9.17, 15) is 0 Å². The Morgan fingerprint density at radius 2 is 1.79 bits per heavy atom. The number of hydrogen-bond acceptors (Lipinski definition) is 1. The molecule has 0 aromatic carbocycles. The lowest BCUT2D eigenvalue weighted by atomic mass is 9.86. The highest BCUT2D eigenvalue weighted by Crippen LogP contribution is 2.27. The van der Waals surface area contributed by atoms with Crippen molar-refractivity contribution in [2.45, 2.75) is 65.2 Å². The first-order valence-corrected chi connectivity index (χ1v) is 5.86. The Morgan fingerprint density at radius 1 is 1.29 bits per heavy atom. The van der Waals surface area contributed by atoms with Crippen LogP contribution in [0.25, 0.3) is 0 Å². The molecule has 1 saturated carbocycles. The molecule has 1 aliphatic carbocycles. The van der Waals surface area contributed by atoms with Gasteiger partial charge >= 0.3 is 0 Å². The number of aliphatic carboxylic acids is 1. The van der Waals surface area contributed by atoms with Crippen LogP contribution in [0.1, 0.15) is 65.2 Å². The summed E-state index contributed by atoms with van der Waals surface area (Å²) < 4.78 is 0. The molecule has 0 saturated heterocycles. The van der Waals surface area contributed by atoms with Crippen LogP contribution >= 0.6 is 0 Å². The maximum Gasteiger partial charge on any atom is 0.300 e. The number of rotatable bonds is 3. The van der Waals surface area contributed by atoms with Gasteiger partial charge in [0.15, 0.2) is 0 Å². The Kier molecular flexibility index (Phi) is 8.70. The van der Waals surface area contributed by atoms with Gasteiger partial charge < -0.3 is 5.11 Å². The van der Waals surface area contributed by atoms with Crippen molar-refractivity contribution in [2.75, 3.05) is 0 Å². The number of carboxylic acids is 1. The predicted molar refractivity (Wildman–Crippen MR) is 59.4 cm³/mol. The molecule has 1 fully saturated rings. The van der Waals surface area contributed by atoms with Gasteiger partial charge in [-0.15, -0.1) is 0 Å². The molecule has 2 nitrogen and oxygen atoms in total. The third kappa shape index (κ3) is 9.56. The standard InChI is InChI=1S/C10H20.C2H4O2/c1-2-3-7-10-8-5-4-6-9-10;1-2(3)4/h10H,2-9H2,1H3;1H3,(H,3,4). The minimum absolute atomic E-state index is 0.833. The largest absolute Gasteiger partial charge is 0.481 e. The third-order valence-corrected chi connectivity index (χ3v) is 2.69. The minimum atomic E-state index is -0.833. The summed E-state index contributed by atoms with van der Waals surface area (Å²) in [6, 6.07) is 0. The summed E-state index contributed by atoms with van der Waals surface area (Å²) in [4.78, 5) is 9.00. The van der Waals surface area contributed by atoms with E-state index in [2.05, 4.69) is 6.92 Å². The van der Waals surface area contributed by atoms with Crippen molar-refractivity contribution < 1.29 is 9.90 Å². The fourth-order valence-corrected chi connectivity index (χ4v) is 1.97. The van der Waals surface area contributed by atoms with Crippen molar-refractivity contribution in [3.63, 3.8) is 0 Å². The molecule has 0 spiro atoms. The summed E-state index contributed by atoms with van der Waals surface area (Å²) in [5, 5.41) is 7.42. The van der Waals surface area contributed by atoms with Crippen LogP contribution < -0.4 is 0 Å². The van der Waals surface area contributed by atoms with E-state index >= 15 is 0 Å². The highest BCUT2D eigenvalue weighted by molar-refractivity contribution is 5.62. The average Bonchev–Trinajstić information content (AvgIpc) is 2.15. The van der Waals surface area contributed by atoms with Crippen molar-refractivity contribution in [3.05, 3.63) is 0 Å². The molecule has 0 aromatic rings. The van der Waals surface area contributed by atoms with Crippen LogP contribution in [0.15, 0.2) is 0 Å². The minimum Gasteiger partial charge on any atom is -0.481 e. The van der Waals surface area contributed by atoms with E-state index in [-0.39, 0.29) is 0 Å². The van der Waals surface area contributed by atoms with E-state index in [1.165, 1.54) is 51.4 Å². The number of hydrogen-bond donors (Lipinski definition) is 1. The lowest BCUT2D eigenvalue weighted by molar-refractivity contribution is -0.134. The number of unbranched alkanes of at least 4 members (excludes halogenated alkanes) is 1. The second-order valence-corrected chi connectivity index (χ2v) is 4.17. The predicted octanol–water partition coefficient (Wildman–Crippen LogP) is 3.85. The maximum atomic E-state index is 9.00. The highest BCUT2D eigenvalue weighted by Gasteiger charge is 2.11. The van der Waals surface area contributed by atoms with Crippen molar-refractivity contribution >= 4 is 5.97 Å². The van der Waals surface area contributed by atoms with Crippen LogP contribution in [0, 0.1) is 5.92 Å². The van der Waals surface area contributed by atoms with Gasteiger partial charge in [-0.3, -0.25) is 4.79 Å². The van der Waals surface area contributed by atoms with E-state index in [4.69, 9.17) is 9.90 Å². The molecule has 0 aromatic heterocycles. The van der Waals surface area contributed by atoms with E-state index in [0.29, 0.717) is 0 Å². The zero-order chi connectivity index (χ0) is 10.8. The summed E-state index contributed by atoms with van der Waals surface area (Å²) >= 11 is 0. The number of carbonyl (C=O) groups is 1. The van der Waals surface area contributed by atoms with Crippen LogP contribution in [0.4, 0.5) is 0 Å². The van der Waals surface area contributed by atoms with Gasteiger partial charge in [-0.05, 0) is 5.92 Å². The molecule has 0 aliphatic heterocycles. The van der Waals surface area contributed by atoms with Crippen molar-refractivity contribution in [2.24, 2.45) is 5.92 Å². The Bertz CT molecular complexity index is 133. The van der Waals surface area contributed by atoms with Crippen molar-refractivity contribution in [1.82, 2.24) is 0 Å². The van der Waals surface area contributed by atoms with Crippen LogP contribution in [0.2, 0.25) is 0 Å². The first-order valence-electron chi connectivity index (χ1n) is 5.86. The summed E-state index contributed by atoms with van der Waals surface area (Å²) in [5.74, 6) is 0.272. The summed E-state index contributed by atoms with van der Waals surface area (Å²) in [7, 11) is 0. The van der Waals surface area contributed by atoms with Crippen LogP contribution in [0.5, 0.6) is 0 Å². The topological polar surface area (TPSA) is 37.3 Å². The highest BCUT2D eigenvalue weighted by atomic mass is 16.4. The van der Waals surface area contributed by atoms with Crippen LogP contribution in [-0.4, -0.2) is 11.1 Å². The average molecular weight is 200 g/mol. The summed E-state index contributed by atoms with van der Waals surface area (Å²) in [6.45, 7) is 3.38. The Labute approximate surface area is 87.7 Å². The normalized spacial score (nSPS) is 17.0. The molecule has 0 heterocycles. The molecule has 2 heteroatoms. The molecule has 0 amide bonds. The lowest BCUT2D eigenvalue weighted by Gasteiger charge is -2.20.